The summed E-state index contributed by atoms with van der Waals surface area (Å²) in [6.45, 7) is 8.70. The molecule has 0 radical (unpaired) electrons. The van der Waals surface area contributed by atoms with Gasteiger partial charge in [0.25, 0.3) is 0 Å². The zero-order valence-corrected chi connectivity index (χ0v) is 22.8. The van der Waals surface area contributed by atoms with Crippen molar-refractivity contribution < 1.29 is 22.7 Å². The summed E-state index contributed by atoms with van der Waals surface area (Å²) < 4.78 is 31.7. The summed E-state index contributed by atoms with van der Waals surface area (Å²) in [6, 6.07) is 11.2. The van der Waals surface area contributed by atoms with Gasteiger partial charge in [-0.25, -0.2) is 8.42 Å². The van der Waals surface area contributed by atoms with Gasteiger partial charge < -0.3 is 15.0 Å². The Labute approximate surface area is 213 Å². The van der Waals surface area contributed by atoms with Gasteiger partial charge in [0.15, 0.2) is 0 Å². The van der Waals surface area contributed by atoms with E-state index in [-0.39, 0.29) is 28.9 Å². The molecule has 8 nitrogen and oxygen atoms in total. The molecule has 2 aromatic rings. The summed E-state index contributed by atoms with van der Waals surface area (Å²) >= 11 is 6.12. The van der Waals surface area contributed by atoms with Crippen molar-refractivity contribution in [3.8, 4) is 5.75 Å². The number of aryl methyl sites for hydroxylation is 1. The van der Waals surface area contributed by atoms with Gasteiger partial charge in [0.05, 0.1) is 19.1 Å². The highest BCUT2D eigenvalue weighted by molar-refractivity contribution is 7.92. The van der Waals surface area contributed by atoms with Gasteiger partial charge in [-0.3, -0.25) is 13.9 Å². The number of benzene rings is 2. The second-order valence-electron chi connectivity index (χ2n) is 9.51. The number of amides is 2. The fraction of sp³-hybridized carbons (Fsp3) is 0.440. The monoisotopic (exact) mass is 523 g/mol. The Morgan fingerprint density at radius 1 is 1.14 bits per heavy atom. The molecule has 0 spiro atoms. The Bertz CT molecular complexity index is 1180. The zero-order chi connectivity index (χ0) is 26.6. The average molecular weight is 524 g/mol. The number of sulfonamides is 1. The maximum absolute atomic E-state index is 13.6. The molecule has 0 bridgehead atoms. The molecule has 0 aliphatic carbocycles. The Balaban J connectivity index is 2.48. The van der Waals surface area contributed by atoms with Crippen LogP contribution >= 0.6 is 11.6 Å². The van der Waals surface area contributed by atoms with Crippen LogP contribution in [0.4, 0.5) is 5.69 Å². The minimum absolute atomic E-state index is 0.128. The molecule has 0 aromatic heterocycles. The molecule has 2 rings (SSSR count). The predicted molar refractivity (Wildman–Crippen MR) is 139 cm³/mol. The number of ether oxygens (including phenoxy) is 1. The molecule has 0 saturated carbocycles. The third-order valence-corrected chi connectivity index (χ3v) is 6.55. The number of rotatable bonds is 9. The summed E-state index contributed by atoms with van der Waals surface area (Å²) in [7, 11) is -2.50. The van der Waals surface area contributed by atoms with Crippen molar-refractivity contribution in [3.63, 3.8) is 0 Å². The third-order valence-electron chi connectivity index (χ3n) is 5.19. The van der Waals surface area contributed by atoms with E-state index >= 15 is 0 Å². The molecule has 0 heterocycles. The molecule has 35 heavy (non-hydrogen) atoms. The average Bonchev–Trinajstić information content (AvgIpc) is 2.73. The first kappa shape index (κ1) is 28.5. The molecular weight excluding hydrogens is 490 g/mol. The van der Waals surface area contributed by atoms with Crippen molar-refractivity contribution in [2.24, 2.45) is 0 Å². The third kappa shape index (κ3) is 8.14. The van der Waals surface area contributed by atoms with Crippen LogP contribution in [0.1, 0.15) is 38.8 Å². The molecule has 1 N–H and O–H groups in total. The molecular formula is C25H34ClN3O5S. The summed E-state index contributed by atoms with van der Waals surface area (Å²) in [5.41, 5.74) is 1.46. The highest BCUT2D eigenvalue weighted by Gasteiger charge is 2.32. The minimum Gasteiger partial charge on any atom is -0.495 e. The largest absolute Gasteiger partial charge is 0.495 e. The van der Waals surface area contributed by atoms with Crippen LogP contribution in [0.25, 0.3) is 0 Å². The number of carbonyl (C=O) groups excluding carboxylic acids is 2. The second kappa shape index (κ2) is 11.3. The smallest absolute Gasteiger partial charge is 0.244 e. The molecule has 2 aromatic carbocycles. The number of hydrogen-bond donors (Lipinski definition) is 1. The molecule has 1 atom stereocenters. The summed E-state index contributed by atoms with van der Waals surface area (Å²) in [5, 5.41) is 3.18. The fourth-order valence-corrected chi connectivity index (χ4v) is 4.53. The van der Waals surface area contributed by atoms with Crippen molar-refractivity contribution in [1.29, 1.82) is 0 Å². The Morgan fingerprint density at radius 3 is 2.34 bits per heavy atom. The van der Waals surface area contributed by atoms with Crippen molar-refractivity contribution >= 4 is 39.1 Å². The van der Waals surface area contributed by atoms with Crippen LogP contribution in [0.15, 0.2) is 42.5 Å². The topological polar surface area (TPSA) is 96.0 Å². The molecule has 0 saturated heterocycles. The van der Waals surface area contributed by atoms with Crippen molar-refractivity contribution in [2.45, 2.75) is 52.7 Å². The van der Waals surface area contributed by atoms with Crippen LogP contribution in [0.2, 0.25) is 5.02 Å². The highest BCUT2D eigenvalue weighted by atomic mass is 35.5. The van der Waals surface area contributed by atoms with Crippen LogP contribution < -0.4 is 14.4 Å². The van der Waals surface area contributed by atoms with E-state index in [1.807, 2.05) is 52.0 Å². The maximum atomic E-state index is 13.6. The summed E-state index contributed by atoms with van der Waals surface area (Å²) in [6.07, 6.45) is 1.00. The number of hydrogen-bond acceptors (Lipinski definition) is 5. The minimum atomic E-state index is -3.90. The summed E-state index contributed by atoms with van der Waals surface area (Å²) in [5.74, 6) is -0.642. The van der Waals surface area contributed by atoms with Gasteiger partial charge in [-0.15, -0.1) is 0 Å². The van der Waals surface area contributed by atoms with Gasteiger partial charge >= 0.3 is 0 Å². The van der Waals surface area contributed by atoms with Crippen molar-refractivity contribution in [3.05, 3.63) is 58.6 Å². The van der Waals surface area contributed by atoms with Gasteiger partial charge in [0.2, 0.25) is 21.8 Å². The first-order chi connectivity index (χ1) is 16.1. The lowest BCUT2D eigenvalue weighted by atomic mass is 10.1. The Morgan fingerprint density at radius 2 is 1.80 bits per heavy atom. The second-order valence-corrected chi connectivity index (χ2v) is 11.9. The van der Waals surface area contributed by atoms with Gasteiger partial charge in [-0.05, 0) is 58.4 Å². The van der Waals surface area contributed by atoms with Crippen molar-refractivity contribution in [1.82, 2.24) is 10.2 Å². The van der Waals surface area contributed by atoms with Gasteiger partial charge in [-0.2, -0.15) is 0 Å². The number of halogens is 1. The van der Waals surface area contributed by atoms with Crippen molar-refractivity contribution in [2.75, 3.05) is 24.2 Å². The number of nitrogens with zero attached hydrogens (tertiary/aromatic N) is 2. The molecule has 1 unspecified atom stereocenters. The molecule has 2 amide bonds. The van der Waals surface area contributed by atoms with E-state index in [9.17, 15) is 18.0 Å². The maximum Gasteiger partial charge on any atom is 0.244 e. The molecule has 0 fully saturated rings. The van der Waals surface area contributed by atoms with E-state index in [4.69, 9.17) is 16.3 Å². The lowest BCUT2D eigenvalue weighted by Gasteiger charge is -2.33. The van der Waals surface area contributed by atoms with E-state index in [0.717, 1.165) is 21.7 Å². The first-order valence-corrected chi connectivity index (χ1v) is 13.3. The number of nitrogens with one attached hydrogen (secondary N) is 1. The normalized spacial score (nSPS) is 12.6. The molecule has 192 valence electrons. The van der Waals surface area contributed by atoms with Crippen LogP contribution in [-0.4, -0.2) is 56.6 Å². The Kier molecular flexibility index (Phi) is 9.19. The number of methoxy groups -OCH3 is 1. The van der Waals surface area contributed by atoms with Gasteiger partial charge in [0.1, 0.15) is 18.3 Å². The lowest BCUT2D eigenvalue weighted by Crippen LogP contribution is -2.54. The zero-order valence-electron chi connectivity index (χ0n) is 21.3. The van der Waals surface area contributed by atoms with E-state index in [0.29, 0.717) is 0 Å². The van der Waals surface area contributed by atoms with E-state index in [1.54, 1.807) is 13.0 Å². The first-order valence-electron chi connectivity index (χ1n) is 11.1. The molecule has 0 aliphatic heterocycles. The van der Waals surface area contributed by atoms with E-state index < -0.39 is 34.1 Å². The van der Waals surface area contributed by atoms with Crippen LogP contribution in [-0.2, 0) is 26.2 Å². The SMILES string of the molecule is COc1ccc(Cl)cc1N(CC(=O)N(Cc1cccc(C)c1)C(C)C(=O)NC(C)(C)C)S(C)(=O)=O. The van der Waals surface area contributed by atoms with Crippen LogP contribution in [0.5, 0.6) is 5.75 Å². The van der Waals surface area contributed by atoms with Gasteiger partial charge in [0, 0.05) is 17.1 Å². The number of carbonyl (C=O) groups is 2. The van der Waals surface area contributed by atoms with Crippen LogP contribution in [0, 0.1) is 6.92 Å². The number of anilines is 1. The lowest BCUT2D eigenvalue weighted by molar-refractivity contribution is -0.140. The highest BCUT2D eigenvalue weighted by Crippen LogP contribution is 2.33. The quantitative estimate of drug-likeness (QED) is 0.540. The molecule has 10 heteroatoms. The summed E-state index contributed by atoms with van der Waals surface area (Å²) in [4.78, 5) is 28.0. The van der Waals surface area contributed by atoms with E-state index in [2.05, 4.69) is 5.32 Å². The van der Waals surface area contributed by atoms with Crippen LogP contribution in [0.3, 0.4) is 0 Å². The Hall–Kier alpha value is -2.78. The predicted octanol–water partition coefficient (Wildman–Crippen LogP) is 3.76. The van der Waals surface area contributed by atoms with Gasteiger partial charge in [-0.1, -0.05) is 41.4 Å². The standard InChI is InChI=1S/C25H34ClN3O5S/c1-17-9-8-10-19(13-17)15-28(18(2)24(31)27-25(3,4)5)23(30)16-29(35(7,32)33)21-14-20(26)11-12-22(21)34-6/h8-14,18H,15-16H2,1-7H3,(H,27,31). The molecule has 0 aliphatic rings. The fourth-order valence-electron chi connectivity index (χ4n) is 3.52. The van der Waals surface area contributed by atoms with E-state index in [1.165, 1.54) is 24.1 Å².